The van der Waals surface area contributed by atoms with Crippen molar-refractivity contribution < 1.29 is 48.9 Å². The average molecular weight is 505 g/mol. The maximum absolute atomic E-state index is 12.8. The third kappa shape index (κ3) is 13.1. The largest absolute Gasteiger partial charge is 0.481 e. The molecule has 4 atom stereocenters. The van der Waals surface area contributed by atoms with Crippen molar-refractivity contribution in [2.45, 2.75) is 62.6 Å². The van der Waals surface area contributed by atoms with Crippen molar-refractivity contribution in [2.24, 2.45) is 22.9 Å². The topological polar surface area (TPSA) is 320 Å². The van der Waals surface area contributed by atoms with Crippen molar-refractivity contribution in [2.75, 3.05) is 6.54 Å². The van der Waals surface area contributed by atoms with E-state index in [1.165, 1.54) is 0 Å². The molecule has 0 aliphatic rings. The molecule has 0 aromatic carbocycles. The van der Waals surface area contributed by atoms with Gasteiger partial charge in [0.1, 0.15) is 12.3 Å². The van der Waals surface area contributed by atoms with Crippen LogP contribution in [0.1, 0.15) is 32.1 Å². The monoisotopic (exact) mass is 505 g/mol. The van der Waals surface area contributed by atoms with E-state index in [9.17, 15) is 33.6 Å². The lowest BCUT2D eigenvalue weighted by molar-refractivity contribution is -0.145. The molecule has 17 nitrogen and oxygen atoms in total. The number of nitrogens with two attached hydrogens (primary N) is 4. The van der Waals surface area contributed by atoms with Crippen molar-refractivity contribution in [3.63, 3.8) is 0 Å². The summed E-state index contributed by atoms with van der Waals surface area (Å²) in [5, 5.41) is 33.3. The van der Waals surface area contributed by atoms with E-state index in [-0.39, 0.29) is 19.4 Å². The zero-order valence-electron chi connectivity index (χ0n) is 18.6. The predicted octanol–water partition coefficient (Wildman–Crippen LogP) is -5.26. The second kappa shape index (κ2) is 15.4. The van der Waals surface area contributed by atoms with Crippen molar-refractivity contribution in [3.05, 3.63) is 0 Å². The van der Waals surface area contributed by atoms with Crippen LogP contribution in [0.2, 0.25) is 0 Å². The van der Waals surface area contributed by atoms with Gasteiger partial charge in [0.25, 0.3) is 0 Å². The Morgan fingerprint density at radius 2 is 1.03 bits per heavy atom. The Morgan fingerprint density at radius 3 is 1.43 bits per heavy atom. The van der Waals surface area contributed by atoms with Crippen LogP contribution < -0.4 is 38.9 Å². The number of ketones is 2. The van der Waals surface area contributed by atoms with Gasteiger partial charge in [0, 0.05) is 0 Å². The lowest BCUT2D eigenvalue weighted by atomic mass is 9.96. The van der Waals surface area contributed by atoms with E-state index in [0.29, 0.717) is 0 Å². The van der Waals surface area contributed by atoms with E-state index in [1.807, 2.05) is 5.32 Å². The second-order valence-electron chi connectivity index (χ2n) is 7.48. The number of Topliss-reactive ketones (excluding diaryl/α,β-unsaturated/α-hetero) is 2. The molecule has 0 aromatic heterocycles. The average Bonchev–Trinajstić information content (AvgIpc) is 2.72. The summed E-state index contributed by atoms with van der Waals surface area (Å²) in [5.74, 6) is -9.38. The second-order valence-corrected chi connectivity index (χ2v) is 7.48. The molecule has 17 heteroatoms. The molecular formula is C18H31N7O10. The molecule has 0 spiro atoms. The van der Waals surface area contributed by atoms with Crippen LogP contribution in [0.3, 0.4) is 0 Å². The zero-order chi connectivity index (χ0) is 27.3. The number of carboxylic acids is 3. The molecule has 0 aromatic rings. The molecule has 0 bridgehead atoms. The molecule has 35 heavy (non-hydrogen) atoms. The molecule has 0 saturated carbocycles. The maximum Gasteiger partial charge on any atom is 0.305 e. The minimum absolute atomic E-state index is 0.127. The first-order chi connectivity index (χ1) is 16.1. The van der Waals surface area contributed by atoms with Crippen molar-refractivity contribution in [1.29, 1.82) is 0 Å². The summed E-state index contributed by atoms with van der Waals surface area (Å²) in [6.07, 6.45) is -3.61. The molecule has 0 aliphatic carbocycles. The fourth-order valence-corrected chi connectivity index (χ4v) is 2.69. The van der Waals surface area contributed by atoms with Gasteiger partial charge in [-0.2, -0.15) is 0 Å². The SMILES string of the molecule is NC(N)NCCC[C@H](NC(=O)[C@@H](N)CC(=O)O)C(=O)C(=O)[C@H](CC(=O)O)NC(=O)[C@@H](N)CC(=O)O. The molecule has 0 saturated heterocycles. The van der Waals surface area contributed by atoms with Crippen molar-refractivity contribution in [1.82, 2.24) is 16.0 Å². The highest BCUT2D eigenvalue weighted by Gasteiger charge is 2.35. The number of hydrogen-bond donors (Lipinski definition) is 10. The Kier molecular flexibility index (Phi) is 13.9. The third-order valence-corrected chi connectivity index (χ3v) is 4.40. The molecule has 0 heterocycles. The number of carbonyl (C=O) groups excluding carboxylic acids is 4. The molecule has 2 amide bonds. The fraction of sp³-hybridized carbons (Fsp3) is 0.611. The summed E-state index contributed by atoms with van der Waals surface area (Å²) in [4.78, 5) is 82.6. The van der Waals surface area contributed by atoms with Crippen LogP contribution in [-0.2, 0) is 33.6 Å². The Bertz CT molecular complexity index is 819. The van der Waals surface area contributed by atoms with Gasteiger partial charge in [0.05, 0.1) is 37.4 Å². The van der Waals surface area contributed by atoms with Gasteiger partial charge < -0.3 is 48.9 Å². The van der Waals surface area contributed by atoms with E-state index in [2.05, 4.69) is 10.6 Å². The Labute approximate surface area is 198 Å². The quantitative estimate of drug-likeness (QED) is 0.0472. The number of hydrogen-bond acceptors (Lipinski definition) is 12. The van der Waals surface area contributed by atoms with E-state index < -0.39 is 91.0 Å². The van der Waals surface area contributed by atoms with Gasteiger partial charge in [0.2, 0.25) is 23.4 Å². The van der Waals surface area contributed by atoms with Crippen LogP contribution in [-0.4, -0.2) is 93.6 Å². The van der Waals surface area contributed by atoms with Crippen LogP contribution in [0.4, 0.5) is 0 Å². The molecule has 14 N–H and O–H groups in total. The molecular weight excluding hydrogens is 474 g/mol. The van der Waals surface area contributed by atoms with Crippen molar-refractivity contribution >= 4 is 41.3 Å². The zero-order valence-corrected chi connectivity index (χ0v) is 18.6. The number of carboxylic acid groups (broad SMARTS) is 3. The minimum Gasteiger partial charge on any atom is -0.481 e. The molecule has 0 radical (unpaired) electrons. The first-order valence-corrected chi connectivity index (χ1v) is 10.3. The molecule has 0 fully saturated rings. The van der Waals surface area contributed by atoms with Gasteiger partial charge in [-0.3, -0.25) is 38.9 Å². The van der Waals surface area contributed by atoms with Crippen LogP contribution in [0.5, 0.6) is 0 Å². The van der Waals surface area contributed by atoms with Crippen LogP contribution in [0.15, 0.2) is 0 Å². The van der Waals surface area contributed by atoms with Gasteiger partial charge in [-0.1, -0.05) is 0 Å². The molecule has 0 aliphatic heterocycles. The van der Waals surface area contributed by atoms with Gasteiger partial charge in [-0.15, -0.1) is 0 Å². The Morgan fingerprint density at radius 1 is 0.629 bits per heavy atom. The summed E-state index contributed by atoms with van der Waals surface area (Å²) in [7, 11) is 0. The fourth-order valence-electron chi connectivity index (χ4n) is 2.69. The van der Waals surface area contributed by atoms with Gasteiger partial charge in [-0.05, 0) is 19.4 Å². The summed E-state index contributed by atoms with van der Waals surface area (Å²) >= 11 is 0. The highest BCUT2D eigenvalue weighted by molar-refractivity contribution is 6.41. The number of nitrogens with one attached hydrogen (secondary N) is 3. The molecule has 0 unspecified atom stereocenters. The maximum atomic E-state index is 12.8. The third-order valence-electron chi connectivity index (χ3n) is 4.40. The highest BCUT2D eigenvalue weighted by Crippen LogP contribution is 2.06. The van der Waals surface area contributed by atoms with E-state index in [0.717, 1.165) is 0 Å². The highest BCUT2D eigenvalue weighted by atomic mass is 16.4. The standard InChI is InChI=1S/C18H31N7O10/c19-7(4-11(26)27)16(34)24-9(2-1-3-23-18(21)22)14(32)15(33)10(6-13(30)31)25-17(35)8(20)5-12(28)29/h7-10,18,23H,1-6,19-22H2,(H,24,34)(H,25,35)(H,26,27)(H,28,29)(H,30,31)/t7-,8-,9-,10-/m0/s1. The summed E-state index contributed by atoms with van der Waals surface area (Å²) < 4.78 is 0. The molecule has 0 rings (SSSR count). The lowest BCUT2D eigenvalue weighted by Gasteiger charge is -2.23. The van der Waals surface area contributed by atoms with Crippen LogP contribution >= 0.6 is 0 Å². The summed E-state index contributed by atoms with van der Waals surface area (Å²) in [6, 6.07) is -6.68. The first kappa shape index (κ1) is 31.5. The van der Waals surface area contributed by atoms with Gasteiger partial charge in [0.15, 0.2) is 0 Å². The van der Waals surface area contributed by atoms with E-state index >= 15 is 0 Å². The number of amides is 2. The lowest BCUT2D eigenvalue weighted by Crippen LogP contribution is -2.56. The van der Waals surface area contributed by atoms with Crippen LogP contribution in [0.25, 0.3) is 0 Å². The Hall–Kier alpha value is -3.51. The summed E-state index contributed by atoms with van der Waals surface area (Å²) in [6.45, 7) is 0.145. The molecule has 198 valence electrons. The van der Waals surface area contributed by atoms with Crippen LogP contribution in [0, 0.1) is 0 Å². The Balaban J connectivity index is 5.65. The number of rotatable bonds is 18. The van der Waals surface area contributed by atoms with E-state index in [4.69, 9.17) is 38.3 Å². The summed E-state index contributed by atoms with van der Waals surface area (Å²) in [5.41, 5.74) is 21.5. The van der Waals surface area contributed by atoms with E-state index in [1.54, 1.807) is 0 Å². The predicted molar refractivity (Wildman–Crippen MR) is 116 cm³/mol. The first-order valence-electron chi connectivity index (χ1n) is 10.3. The van der Waals surface area contributed by atoms with Gasteiger partial charge in [-0.25, -0.2) is 0 Å². The normalized spacial score (nSPS) is 14.3. The minimum atomic E-state index is -1.92. The van der Waals surface area contributed by atoms with Crippen molar-refractivity contribution in [3.8, 4) is 0 Å². The number of carbonyl (C=O) groups is 7. The van der Waals surface area contributed by atoms with Gasteiger partial charge >= 0.3 is 17.9 Å². The number of aliphatic carboxylic acids is 3. The smallest absolute Gasteiger partial charge is 0.305 e.